The van der Waals surface area contributed by atoms with Crippen molar-refractivity contribution in [1.82, 2.24) is 19.6 Å². The van der Waals surface area contributed by atoms with E-state index in [9.17, 15) is 9.59 Å². The molecular formula is C15H20N4O3. The maximum Gasteiger partial charge on any atom is 0.347 e. The SMILES string of the molecule is Cc1cc(C)n(CCC(=O)N(C)[C@H](C)c2ccon2)c(=O)n1. The van der Waals surface area contributed by atoms with Gasteiger partial charge >= 0.3 is 5.69 Å². The average Bonchev–Trinajstić information content (AvgIpc) is 2.98. The van der Waals surface area contributed by atoms with Crippen molar-refractivity contribution < 1.29 is 9.32 Å². The summed E-state index contributed by atoms with van der Waals surface area (Å²) in [6.07, 6.45) is 1.70. The molecule has 7 heteroatoms. The molecule has 0 saturated heterocycles. The molecule has 0 aliphatic carbocycles. The Morgan fingerprint density at radius 3 is 2.77 bits per heavy atom. The molecule has 7 nitrogen and oxygen atoms in total. The summed E-state index contributed by atoms with van der Waals surface area (Å²) in [5.41, 5.74) is 1.86. The van der Waals surface area contributed by atoms with Crippen molar-refractivity contribution in [3.8, 4) is 0 Å². The minimum Gasteiger partial charge on any atom is -0.364 e. The maximum atomic E-state index is 12.3. The van der Waals surface area contributed by atoms with Gasteiger partial charge in [0.15, 0.2) is 0 Å². The van der Waals surface area contributed by atoms with E-state index in [0.717, 1.165) is 5.69 Å². The van der Waals surface area contributed by atoms with Crippen LogP contribution in [0.2, 0.25) is 0 Å². The molecule has 2 heterocycles. The van der Waals surface area contributed by atoms with E-state index in [1.54, 1.807) is 24.9 Å². The smallest absolute Gasteiger partial charge is 0.347 e. The average molecular weight is 304 g/mol. The standard InChI is InChI=1S/C15H20N4O3/c1-10-9-11(2)19(15(21)16-10)7-5-14(20)18(4)12(3)13-6-8-22-17-13/h6,8-9,12H,5,7H2,1-4H3/t12-/m1/s1. The molecule has 0 radical (unpaired) electrons. The predicted octanol–water partition coefficient (Wildman–Crippen LogP) is 1.46. The lowest BCUT2D eigenvalue weighted by atomic mass is 10.2. The molecule has 0 aliphatic heterocycles. The fourth-order valence-electron chi connectivity index (χ4n) is 2.28. The molecular weight excluding hydrogens is 284 g/mol. The van der Waals surface area contributed by atoms with Gasteiger partial charge in [0.1, 0.15) is 12.0 Å². The number of aryl methyl sites for hydroxylation is 2. The maximum absolute atomic E-state index is 12.3. The van der Waals surface area contributed by atoms with E-state index in [1.807, 2.05) is 19.9 Å². The summed E-state index contributed by atoms with van der Waals surface area (Å²) in [7, 11) is 1.71. The van der Waals surface area contributed by atoms with E-state index >= 15 is 0 Å². The highest BCUT2D eigenvalue weighted by molar-refractivity contribution is 5.76. The number of rotatable bonds is 5. The summed E-state index contributed by atoms with van der Waals surface area (Å²) in [5, 5.41) is 3.84. The van der Waals surface area contributed by atoms with E-state index in [-0.39, 0.29) is 24.1 Å². The van der Waals surface area contributed by atoms with Gasteiger partial charge in [0.25, 0.3) is 0 Å². The molecule has 0 aliphatic rings. The Balaban J connectivity index is 2.03. The Kier molecular flexibility index (Phi) is 4.75. The molecule has 118 valence electrons. The number of hydrogen-bond acceptors (Lipinski definition) is 5. The van der Waals surface area contributed by atoms with Gasteiger partial charge in [-0.05, 0) is 26.8 Å². The predicted molar refractivity (Wildman–Crippen MR) is 80.3 cm³/mol. The Morgan fingerprint density at radius 2 is 2.18 bits per heavy atom. The molecule has 0 N–H and O–H groups in total. The molecule has 0 aromatic carbocycles. The van der Waals surface area contributed by atoms with Gasteiger partial charge in [0.2, 0.25) is 5.91 Å². The first-order valence-corrected chi connectivity index (χ1v) is 7.11. The second-order valence-electron chi connectivity index (χ2n) is 5.33. The van der Waals surface area contributed by atoms with Crippen LogP contribution in [0.25, 0.3) is 0 Å². The van der Waals surface area contributed by atoms with E-state index in [2.05, 4.69) is 10.1 Å². The van der Waals surface area contributed by atoms with Gasteiger partial charge in [-0.1, -0.05) is 5.16 Å². The lowest BCUT2D eigenvalue weighted by molar-refractivity contribution is -0.132. The minimum absolute atomic E-state index is 0.0672. The summed E-state index contributed by atoms with van der Waals surface area (Å²) < 4.78 is 6.31. The third-order valence-electron chi connectivity index (χ3n) is 3.76. The van der Waals surface area contributed by atoms with E-state index < -0.39 is 0 Å². The van der Waals surface area contributed by atoms with Gasteiger partial charge in [-0.25, -0.2) is 4.79 Å². The molecule has 1 atom stereocenters. The lowest BCUT2D eigenvalue weighted by Gasteiger charge is -2.23. The van der Waals surface area contributed by atoms with Gasteiger partial charge in [-0.3, -0.25) is 9.36 Å². The zero-order chi connectivity index (χ0) is 16.3. The van der Waals surface area contributed by atoms with E-state index in [0.29, 0.717) is 17.9 Å². The largest absolute Gasteiger partial charge is 0.364 e. The fraction of sp³-hybridized carbons (Fsp3) is 0.467. The van der Waals surface area contributed by atoms with Crippen LogP contribution in [0.1, 0.15) is 36.5 Å². The van der Waals surface area contributed by atoms with Crippen LogP contribution in [0, 0.1) is 13.8 Å². The van der Waals surface area contributed by atoms with Gasteiger partial charge < -0.3 is 9.42 Å². The summed E-state index contributed by atoms with van der Waals surface area (Å²) >= 11 is 0. The molecule has 2 aromatic heterocycles. The molecule has 2 rings (SSSR count). The molecule has 1 amide bonds. The van der Waals surface area contributed by atoms with Gasteiger partial charge in [-0.15, -0.1) is 0 Å². The Morgan fingerprint density at radius 1 is 1.45 bits per heavy atom. The molecule has 22 heavy (non-hydrogen) atoms. The van der Waals surface area contributed by atoms with Gasteiger partial charge in [0.05, 0.1) is 6.04 Å². The van der Waals surface area contributed by atoms with E-state index in [4.69, 9.17) is 4.52 Å². The Labute approximate surface area is 128 Å². The van der Waals surface area contributed by atoms with E-state index in [1.165, 1.54) is 10.8 Å². The Hall–Kier alpha value is -2.44. The van der Waals surface area contributed by atoms with Crippen LogP contribution in [0.15, 0.2) is 27.7 Å². The highest BCUT2D eigenvalue weighted by Crippen LogP contribution is 2.17. The monoisotopic (exact) mass is 304 g/mol. The quantitative estimate of drug-likeness (QED) is 0.835. The van der Waals surface area contributed by atoms with Crippen molar-refractivity contribution in [3.63, 3.8) is 0 Å². The number of carbonyl (C=O) groups is 1. The van der Waals surface area contributed by atoms with Crippen molar-refractivity contribution in [3.05, 3.63) is 46.0 Å². The topological polar surface area (TPSA) is 81.2 Å². The summed E-state index contributed by atoms with van der Waals surface area (Å²) in [4.78, 5) is 29.6. The van der Waals surface area contributed by atoms with Crippen molar-refractivity contribution in [2.24, 2.45) is 0 Å². The van der Waals surface area contributed by atoms with Gasteiger partial charge in [-0.2, -0.15) is 4.98 Å². The normalized spacial score (nSPS) is 12.2. The van der Waals surface area contributed by atoms with Crippen LogP contribution in [0.5, 0.6) is 0 Å². The van der Waals surface area contributed by atoms with Crippen LogP contribution in [-0.2, 0) is 11.3 Å². The van der Waals surface area contributed by atoms with Crippen LogP contribution in [-0.4, -0.2) is 32.6 Å². The molecule has 0 unspecified atom stereocenters. The lowest BCUT2D eigenvalue weighted by Crippen LogP contribution is -2.32. The fourth-order valence-corrected chi connectivity index (χ4v) is 2.28. The number of carbonyl (C=O) groups excluding carboxylic acids is 1. The Bertz CT molecular complexity index is 706. The van der Waals surface area contributed by atoms with Crippen LogP contribution < -0.4 is 5.69 Å². The molecule has 2 aromatic rings. The van der Waals surface area contributed by atoms with Gasteiger partial charge in [0, 0.05) is 37.5 Å². The number of nitrogens with zero attached hydrogens (tertiary/aromatic N) is 4. The highest BCUT2D eigenvalue weighted by Gasteiger charge is 2.19. The number of hydrogen-bond donors (Lipinski definition) is 0. The summed E-state index contributed by atoms with van der Waals surface area (Å²) in [5.74, 6) is -0.0672. The molecule has 0 fully saturated rings. The zero-order valence-electron chi connectivity index (χ0n) is 13.2. The number of amides is 1. The first kappa shape index (κ1) is 15.9. The van der Waals surface area contributed by atoms with Crippen molar-refractivity contribution in [2.45, 2.75) is 39.8 Å². The minimum atomic E-state index is -0.322. The second kappa shape index (κ2) is 6.55. The zero-order valence-corrected chi connectivity index (χ0v) is 13.2. The third-order valence-corrected chi connectivity index (χ3v) is 3.76. The summed E-state index contributed by atoms with van der Waals surface area (Å²) in [6.45, 7) is 5.80. The van der Waals surface area contributed by atoms with Crippen LogP contribution >= 0.6 is 0 Å². The summed E-state index contributed by atoms with van der Waals surface area (Å²) in [6, 6.07) is 3.38. The first-order chi connectivity index (χ1) is 10.4. The number of aromatic nitrogens is 3. The molecule has 0 saturated carbocycles. The van der Waals surface area contributed by atoms with Crippen molar-refractivity contribution in [1.29, 1.82) is 0 Å². The third kappa shape index (κ3) is 3.41. The molecule has 0 bridgehead atoms. The van der Waals surface area contributed by atoms with Crippen LogP contribution in [0.4, 0.5) is 0 Å². The first-order valence-electron chi connectivity index (χ1n) is 7.11. The second-order valence-corrected chi connectivity index (χ2v) is 5.33. The van der Waals surface area contributed by atoms with Crippen molar-refractivity contribution >= 4 is 5.91 Å². The van der Waals surface area contributed by atoms with Crippen LogP contribution in [0.3, 0.4) is 0 Å². The molecule has 0 spiro atoms. The highest BCUT2D eigenvalue weighted by atomic mass is 16.5. The van der Waals surface area contributed by atoms with Crippen molar-refractivity contribution in [2.75, 3.05) is 7.05 Å².